The van der Waals surface area contributed by atoms with E-state index in [1.807, 2.05) is 34.9 Å². The topological polar surface area (TPSA) is 27.1 Å². The Balaban J connectivity index is 1.99. The van der Waals surface area contributed by atoms with Gasteiger partial charge in [0.25, 0.3) is 0 Å². The van der Waals surface area contributed by atoms with Gasteiger partial charge in [0.2, 0.25) is 0 Å². The lowest BCUT2D eigenvalue weighted by atomic mass is 10.1. The molecule has 0 saturated carbocycles. The zero-order valence-corrected chi connectivity index (χ0v) is 12.5. The van der Waals surface area contributed by atoms with E-state index in [9.17, 15) is 4.39 Å². The lowest BCUT2D eigenvalue weighted by Gasteiger charge is -2.21. The van der Waals surface area contributed by atoms with Crippen molar-refractivity contribution in [3.8, 4) is 28.4 Å². The van der Waals surface area contributed by atoms with E-state index in [4.69, 9.17) is 4.74 Å². The summed E-state index contributed by atoms with van der Waals surface area (Å²) in [4.78, 5) is 4.49. The van der Waals surface area contributed by atoms with Gasteiger partial charge in [0.05, 0.1) is 11.3 Å². The normalized spacial score (nSPS) is 12.5. The number of imidazole rings is 1. The lowest BCUT2D eigenvalue weighted by molar-refractivity contribution is 0.230. The molecule has 0 N–H and O–H groups in total. The molecular formula is C16H10BrFN2O. The Kier molecular flexibility index (Phi) is 2.82. The number of rotatable bonds is 1. The van der Waals surface area contributed by atoms with Gasteiger partial charge >= 0.3 is 0 Å². The van der Waals surface area contributed by atoms with E-state index in [2.05, 4.69) is 20.9 Å². The number of halogens is 2. The molecule has 21 heavy (non-hydrogen) atoms. The minimum atomic E-state index is -0.328. The number of benzene rings is 2. The fraction of sp³-hybridized carbons (Fsp3) is 0.0625. The van der Waals surface area contributed by atoms with Gasteiger partial charge in [0.15, 0.2) is 12.6 Å². The average Bonchev–Trinajstić information content (AvgIpc) is 2.84. The second-order valence-corrected chi connectivity index (χ2v) is 5.51. The number of ether oxygens (including phenoxy) is 1. The van der Waals surface area contributed by atoms with E-state index >= 15 is 0 Å². The van der Waals surface area contributed by atoms with Crippen molar-refractivity contribution in [2.75, 3.05) is 0 Å². The molecule has 2 aromatic carbocycles. The number of nitrogens with zero attached hydrogens (tertiary/aromatic N) is 2. The van der Waals surface area contributed by atoms with Gasteiger partial charge in [-0.1, -0.05) is 36.4 Å². The smallest absolute Gasteiger partial charge is 0.167 e. The molecule has 5 heteroatoms. The third-order valence-electron chi connectivity index (χ3n) is 3.52. The summed E-state index contributed by atoms with van der Waals surface area (Å²) in [6, 6.07) is 14.7. The number of hydrogen-bond donors (Lipinski definition) is 0. The summed E-state index contributed by atoms with van der Waals surface area (Å²) in [5, 5.41) is 0. The molecule has 3 nitrogen and oxygen atoms in total. The van der Waals surface area contributed by atoms with Crippen molar-refractivity contribution in [3.63, 3.8) is 0 Å². The minimum absolute atomic E-state index is 0.314. The molecule has 1 aromatic heterocycles. The fourth-order valence-corrected chi connectivity index (χ4v) is 3.20. The van der Waals surface area contributed by atoms with E-state index in [1.165, 1.54) is 6.07 Å². The van der Waals surface area contributed by atoms with Gasteiger partial charge in [-0.3, -0.25) is 4.57 Å². The summed E-state index contributed by atoms with van der Waals surface area (Å²) < 4.78 is 22.4. The fourth-order valence-electron chi connectivity index (χ4n) is 2.59. The molecule has 104 valence electrons. The molecule has 0 spiro atoms. The predicted molar refractivity (Wildman–Crippen MR) is 81.4 cm³/mol. The van der Waals surface area contributed by atoms with Crippen LogP contribution >= 0.6 is 15.9 Å². The van der Waals surface area contributed by atoms with Crippen molar-refractivity contribution in [1.29, 1.82) is 0 Å². The van der Waals surface area contributed by atoms with Crippen molar-refractivity contribution < 1.29 is 9.13 Å². The molecule has 0 aliphatic carbocycles. The molecule has 0 atom stereocenters. The molecule has 0 amide bonds. The zero-order valence-electron chi connectivity index (χ0n) is 10.9. The highest BCUT2D eigenvalue weighted by atomic mass is 79.9. The Morgan fingerprint density at radius 2 is 1.90 bits per heavy atom. The van der Waals surface area contributed by atoms with E-state index in [-0.39, 0.29) is 5.82 Å². The molecule has 1 aliphatic rings. The maximum Gasteiger partial charge on any atom is 0.167 e. The highest BCUT2D eigenvalue weighted by Crippen LogP contribution is 2.40. The molecular weight excluding hydrogens is 335 g/mol. The SMILES string of the molecule is Fc1cccc2c1-c1nc(Br)c(-c3ccccc3)n1CO2. The summed E-state index contributed by atoms with van der Waals surface area (Å²) in [5.74, 6) is 0.783. The third-order valence-corrected chi connectivity index (χ3v) is 4.07. The van der Waals surface area contributed by atoms with Gasteiger partial charge in [0.1, 0.15) is 16.2 Å². The van der Waals surface area contributed by atoms with Gasteiger partial charge in [-0.05, 0) is 28.1 Å². The molecule has 0 unspecified atom stereocenters. The number of fused-ring (bicyclic) bond motifs is 3. The van der Waals surface area contributed by atoms with Gasteiger partial charge in [-0.2, -0.15) is 0 Å². The Morgan fingerprint density at radius 3 is 2.71 bits per heavy atom. The molecule has 3 aromatic rings. The van der Waals surface area contributed by atoms with Crippen LogP contribution in [0.15, 0.2) is 53.1 Å². The first-order valence-corrected chi connectivity index (χ1v) is 7.28. The van der Waals surface area contributed by atoms with Crippen LogP contribution in [0.2, 0.25) is 0 Å². The van der Waals surface area contributed by atoms with E-state index in [0.29, 0.717) is 28.5 Å². The lowest BCUT2D eigenvalue weighted by Crippen LogP contribution is -2.14. The van der Waals surface area contributed by atoms with Crippen LogP contribution in [-0.4, -0.2) is 9.55 Å². The van der Waals surface area contributed by atoms with Crippen LogP contribution in [0.3, 0.4) is 0 Å². The van der Waals surface area contributed by atoms with Gasteiger partial charge in [0, 0.05) is 5.56 Å². The Labute approximate surface area is 129 Å². The quantitative estimate of drug-likeness (QED) is 0.651. The summed E-state index contributed by atoms with van der Waals surface area (Å²) >= 11 is 3.48. The highest BCUT2D eigenvalue weighted by Gasteiger charge is 2.27. The standard InChI is InChI=1S/C16H10BrFN2O/c17-15-14(10-5-2-1-3-6-10)20-9-21-12-8-4-7-11(18)13(12)16(20)19-15/h1-8H,9H2. The van der Waals surface area contributed by atoms with Crippen molar-refractivity contribution in [1.82, 2.24) is 9.55 Å². The summed E-state index contributed by atoms with van der Waals surface area (Å²) in [5.41, 5.74) is 2.30. The predicted octanol–water partition coefficient (Wildman–Crippen LogP) is 4.47. The van der Waals surface area contributed by atoms with E-state index in [0.717, 1.165) is 11.3 Å². The summed E-state index contributed by atoms with van der Waals surface area (Å²) in [7, 11) is 0. The monoisotopic (exact) mass is 344 g/mol. The maximum atomic E-state index is 14.1. The first-order chi connectivity index (χ1) is 10.3. The van der Waals surface area contributed by atoms with Gasteiger partial charge in [-0.25, -0.2) is 9.37 Å². The van der Waals surface area contributed by atoms with Crippen LogP contribution < -0.4 is 4.74 Å². The molecule has 0 fully saturated rings. The Bertz CT molecular complexity index is 830. The highest BCUT2D eigenvalue weighted by molar-refractivity contribution is 9.10. The van der Waals surface area contributed by atoms with Crippen molar-refractivity contribution >= 4 is 15.9 Å². The van der Waals surface area contributed by atoms with Crippen LogP contribution in [0.25, 0.3) is 22.6 Å². The average molecular weight is 345 g/mol. The second-order valence-electron chi connectivity index (χ2n) is 4.76. The Hall–Kier alpha value is -2.14. The van der Waals surface area contributed by atoms with Crippen molar-refractivity contribution in [2.45, 2.75) is 6.73 Å². The third kappa shape index (κ3) is 1.88. The maximum absolute atomic E-state index is 14.1. The molecule has 0 radical (unpaired) electrons. The van der Waals surface area contributed by atoms with Gasteiger partial charge < -0.3 is 4.74 Å². The Morgan fingerprint density at radius 1 is 1.10 bits per heavy atom. The molecule has 0 bridgehead atoms. The summed E-state index contributed by atoms with van der Waals surface area (Å²) in [6.45, 7) is 0.314. The molecule has 4 rings (SSSR count). The minimum Gasteiger partial charge on any atom is -0.472 e. The second kappa shape index (κ2) is 4.70. The summed E-state index contributed by atoms with van der Waals surface area (Å²) in [6.07, 6.45) is 0. The van der Waals surface area contributed by atoms with Crippen LogP contribution in [-0.2, 0) is 6.73 Å². The van der Waals surface area contributed by atoms with Crippen LogP contribution in [0, 0.1) is 5.82 Å². The number of hydrogen-bond acceptors (Lipinski definition) is 2. The van der Waals surface area contributed by atoms with Crippen molar-refractivity contribution in [2.24, 2.45) is 0 Å². The van der Waals surface area contributed by atoms with Crippen molar-refractivity contribution in [3.05, 3.63) is 59.0 Å². The molecule has 2 heterocycles. The number of aromatic nitrogens is 2. The molecule has 0 saturated heterocycles. The first kappa shape index (κ1) is 12.6. The van der Waals surface area contributed by atoms with Crippen LogP contribution in [0.1, 0.15) is 0 Å². The van der Waals surface area contributed by atoms with E-state index < -0.39 is 0 Å². The van der Waals surface area contributed by atoms with Gasteiger partial charge in [-0.15, -0.1) is 0 Å². The first-order valence-electron chi connectivity index (χ1n) is 6.49. The van der Waals surface area contributed by atoms with Crippen LogP contribution in [0.5, 0.6) is 5.75 Å². The van der Waals surface area contributed by atoms with E-state index in [1.54, 1.807) is 12.1 Å². The van der Waals surface area contributed by atoms with Crippen LogP contribution in [0.4, 0.5) is 4.39 Å². The zero-order chi connectivity index (χ0) is 14.4. The largest absolute Gasteiger partial charge is 0.472 e. The molecule has 1 aliphatic heterocycles.